The molecule has 0 aliphatic carbocycles. The van der Waals surface area contributed by atoms with Crippen LogP contribution in [0.15, 0.2) is 42.5 Å². The van der Waals surface area contributed by atoms with Crippen molar-refractivity contribution in [2.24, 2.45) is 0 Å². The highest BCUT2D eigenvalue weighted by molar-refractivity contribution is 6.30. The molecule has 0 aliphatic heterocycles. The second kappa shape index (κ2) is 6.92. The van der Waals surface area contributed by atoms with E-state index in [-0.39, 0.29) is 18.0 Å². The van der Waals surface area contributed by atoms with Crippen molar-refractivity contribution in [3.63, 3.8) is 0 Å². The van der Waals surface area contributed by atoms with Gasteiger partial charge in [-0.1, -0.05) is 29.8 Å². The lowest BCUT2D eigenvalue weighted by Crippen LogP contribution is -2.31. The van der Waals surface area contributed by atoms with E-state index in [0.29, 0.717) is 16.3 Å². The van der Waals surface area contributed by atoms with Gasteiger partial charge in [-0.25, -0.2) is 4.39 Å². The van der Waals surface area contributed by atoms with E-state index >= 15 is 0 Å². The maximum atomic E-state index is 13.7. The normalized spacial score (nSPS) is 13.8. The van der Waals surface area contributed by atoms with E-state index < -0.39 is 0 Å². The van der Waals surface area contributed by atoms with Crippen molar-refractivity contribution in [2.45, 2.75) is 26.0 Å². The molecule has 0 saturated carbocycles. The van der Waals surface area contributed by atoms with Crippen LogP contribution in [0.2, 0.25) is 5.02 Å². The summed E-state index contributed by atoms with van der Waals surface area (Å²) in [6.45, 7) is 3.69. The minimum atomic E-state index is -0.206. The molecule has 0 fully saturated rings. The van der Waals surface area contributed by atoms with Crippen LogP contribution in [-0.2, 0) is 0 Å². The maximum Gasteiger partial charge on any atom is 0.126 e. The number of benzene rings is 2. The summed E-state index contributed by atoms with van der Waals surface area (Å²) in [4.78, 5) is 0. The molecular formula is C17H19ClFNO. The van der Waals surface area contributed by atoms with Crippen molar-refractivity contribution < 1.29 is 9.13 Å². The summed E-state index contributed by atoms with van der Waals surface area (Å²) in [5.41, 5.74) is 1.49. The molecule has 0 spiro atoms. The van der Waals surface area contributed by atoms with Crippen LogP contribution in [0.1, 0.15) is 24.1 Å². The third-order valence-corrected chi connectivity index (χ3v) is 3.69. The van der Waals surface area contributed by atoms with Gasteiger partial charge in [0.25, 0.3) is 0 Å². The second-order valence-corrected chi connectivity index (χ2v) is 5.49. The van der Waals surface area contributed by atoms with E-state index in [1.165, 1.54) is 0 Å². The van der Waals surface area contributed by atoms with Crippen molar-refractivity contribution in [3.05, 3.63) is 64.4 Å². The number of halogens is 2. The molecule has 0 heterocycles. The van der Waals surface area contributed by atoms with Crippen LogP contribution < -0.4 is 10.1 Å². The molecule has 2 aromatic rings. The van der Waals surface area contributed by atoms with Crippen molar-refractivity contribution in [3.8, 4) is 5.75 Å². The van der Waals surface area contributed by atoms with Gasteiger partial charge in [0.05, 0.1) is 6.04 Å². The Labute approximate surface area is 129 Å². The van der Waals surface area contributed by atoms with E-state index in [2.05, 4.69) is 5.32 Å². The predicted octanol–water partition coefficient (Wildman–Crippen LogP) is 4.52. The summed E-state index contributed by atoms with van der Waals surface area (Å²) in [5.74, 6) is 0.491. The van der Waals surface area contributed by atoms with Crippen LogP contribution in [0.4, 0.5) is 4.39 Å². The van der Waals surface area contributed by atoms with Gasteiger partial charge in [-0.05, 0) is 56.3 Å². The fourth-order valence-corrected chi connectivity index (χ4v) is 2.48. The molecule has 0 bridgehead atoms. The number of ether oxygens (including phenoxy) is 1. The van der Waals surface area contributed by atoms with Crippen LogP contribution in [0.25, 0.3) is 0 Å². The van der Waals surface area contributed by atoms with Crippen molar-refractivity contribution in [2.75, 3.05) is 7.05 Å². The van der Waals surface area contributed by atoms with E-state index in [1.807, 2.05) is 32.2 Å². The molecule has 0 radical (unpaired) electrons. The summed E-state index contributed by atoms with van der Waals surface area (Å²) in [6, 6.07) is 12.4. The Morgan fingerprint density at radius 3 is 2.57 bits per heavy atom. The molecular weight excluding hydrogens is 289 g/mol. The second-order valence-electron chi connectivity index (χ2n) is 5.06. The summed E-state index contributed by atoms with van der Waals surface area (Å²) >= 11 is 5.95. The quantitative estimate of drug-likeness (QED) is 0.877. The highest BCUT2D eigenvalue weighted by Gasteiger charge is 2.20. The van der Waals surface area contributed by atoms with E-state index in [4.69, 9.17) is 16.3 Å². The molecule has 0 amide bonds. The van der Waals surface area contributed by atoms with E-state index in [9.17, 15) is 4.39 Å². The van der Waals surface area contributed by atoms with Crippen LogP contribution in [0.3, 0.4) is 0 Å². The molecule has 1 N–H and O–H groups in total. The zero-order chi connectivity index (χ0) is 15.4. The number of likely N-dealkylation sites (N-methyl/N-ethyl adjacent to an activating group) is 1. The van der Waals surface area contributed by atoms with E-state index in [0.717, 1.165) is 5.56 Å². The molecule has 2 nitrogen and oxygen atoms in total. The highest BCUT2D eigenvalue weighted by Crippen LogP contribution is 2.25. The van der Waals surface area contributed by atoms with Gasteiger partial charge >= 0.3 is 0 Å². The molecule has 2 unspecified atom stereocenters. The molecule has 21 heavy (non-hydrogen) atoms. The van der Waals surface area contributed by atoms with Crippen LogP contribution >= 0.6 is 11.6 Å². The highest BCUT2D eigenvalue weighted by atomic mass is 35.5. The Hall–Kier alpha value is -1.58. The maximum absolute atomic E-state index is 13.7. The van der Waals surface area contributed by atoms with Crippen LogP contribution in [0, 0.1) is 12.7 Å². The number of aryl methyl sites for hydroxylation is 1. The third kappa shape index (κ3) is 3.96. The number of nitrogens with one attached hydrogen (secondary N) is 1. The minimum absolute atomic E-state index is 0.112. The zero-order valence-corrected chi connectivity index (χ0v) is 13.1. The van der Waals surface area contributed by atoms with Crippen molar-refractivity contribution >= 4 is 11.6 Å². The summed E-state index contributed by atoms with van der Waals surface area (Å²) in [6.07, 6.45) is -0.171. The molecule has 2 aromatic carbocycles. The van der Waals surface area contributed by atoms with Crippen molar-refractivity contribution in [1.82, 2.24) is 5.32 Å². The first-order valence-corrected chi connectivity index (χ1v) is 7.24. The largest absolute Gasteiger partial charge is 0.489 e. The van der Waals surface area contributed by atoms with Gasteiger partial charge in [-0.2, -0.15) is 0 Å². The lowest BCUT2D eigenvalue weighted by Gasteiger charge is -2.25. The Morgan fingerprint density at radius 2 is 1.95 bits per heavy atom. The first-order chi connectivity index (χ1) is 10.0. The average molecular weight is 308 g/mol. The standard InChI is InChI=1S/C17H19ClFNO/c1-11-7-8-13(9-16(11)19)17(20-3)12(2)21-15-6-4-5-14(18)10-15/h4-10,12,17,20H,1-3H3. The van der Waals surface area contributed by atoms with Gasteiger partial charge < -0.3 is 10.1 Å². The number of hydrogen-bond donors (Lipinski definition) is 1. The van der Waals surface area contributed by atoms with Gasteiger partial charge in [0.1, 0.15) is 17.7 Å². The zero-order valence-electron chi connectivity index (χ0n) is 12.4. The predicted molar refractivity (Wildman–Crippen MR) is 84.5 cm³/mol. The lowest BCUT2D eigenvalue weighted by atomic mass is 10.0. The molecule has 2 atom stereocenters. The Kier molecular flexibility index (Phi) is 5.21. The molecule has 0 saturated heterocycles. The fraction of sp³-hybridized carbons (Fsp3) is 0.294. The lowest BCUT2D eigenvalue weighted by molar-refractivity contribution is 0.175. The Bertz CT molecular complexity index is 617. The molecule has 4 heteroatoms. The monoisotopic (exact) mass is 307 g/mol. The Balaban J connectivity index is 2.18. The van der Waals surface area contributed by atoms with Gasteiger partial charge in [0, 0.05) is 5.02 Å². The minimum Gasteiger partial charge on any atom is -0.489 e. The SMILES string of the molecule is CNC(c1ccc(C)c(F)c1)C(C)Oc1cccc(Cl)c1. The molecule has 112 valence electrons. The molecule has 2 rings (SSSR count). The van der Waals surface area contributed by atoms with Gasteiger partial charge in [-0.15, -0.1) is 0 Å². The van der Waals surface area contributed by atoms with Crippen molar-refractivity contribution in [1.29, 1.82) is 0 Å². The third-order valence-electron chi connectivity index (χ3n) is 3.45. The Morgan fingerprint density at radius 1 is 1.19 bits per heavy atom. The summed E-state index contributed by atoms with van der Waals surface area (Å²) in [5, 5.41) is 3.80. The average Bonchev–Trinajstić information content (AvgIpc) is 2.43. The fourth-order valence-electron chi connectivity index (χ4n) is 2.30. The van der Waals surface area contributed by atoms with Gasteiger partial charge in [0.2, 0.25) is 0 Å². The molecule has 0 aromatic heterocycles. The van der Waals surface area contributed by atoms with Crippen LogP contribution in [-0.4, -0.2) is 13.2 Å². The summed E-state index contributed by atoms with van der Waals surface area (Å²) < 4.78 is 19.6. The smallest absolute Gasteiger partial charge is 0.126 e. The summed E-state index contributed by atoms with van der Waals surface area (Å²) in [7, 11) is 1.83. The first-order valence-electron chi connectivity index (χ1n) is 6.87. The molecule has 0 aliphatic rings. The van der Waals surface area contributed by atoms with Gasteiger partial charge in [-0.3, -0.25) is 0 Å². The van der Waals surface area contributed by atoms with Gasteiger partial charge in [0.15, 0.2) is 0 Å². The number of hydrogen-bond acceptors (Lipinski definition) is 2. The topological polar surface area (TPSA) is 21.3 Å². The van der Waals surface area contributed by atoms with Crippen LogP contribution in [0.5, 0.6) is 5.75 Å². The number of rotatable bonds is 5. The van der Waals surface area contributed by atoms with E-state index in [1.54, 1.807) is 31.2 Å². The first kappa shape index (κ1) is 15.8.